The first kappa shape index (κ1) is 12.8. The molecular formula is C15H19N3S. The predicted octanol–water partition coefficient (Wildman–Crippen LogP) is 2.81. The Morgan fingerprint density at radius 1 is 1.37 bits per heavy atom. The highest BCUT2D eigenvalue weighted by Gasteiger charge is 2.27. The first-order valence-electron chi connectivity index (χ1n) is 6.69. The summed E-state index contributed by atoms with van der Waals surface area (Å²) in [6.07, 6.45) is 1.91. The molecule has 1 fully saturated rings. The zero-order chi connectivity index (χ0) is 13.2. The smallest absolute Gasteiger partial charge is 0.111 e. The van der Waals surface area contributed by atoms with Gasteiger partial charge in [-0.05, 0) is 18.9 Å². The van der Waals surface area contributed by atoms with Crippen molar-refractivity contribution in [1.29, 1.82) is 0 Å². The maximum Gasteiger partial charge on any atom is 0.111 e. The molecule has 19 heavy (non-hydrogen) atoms. The minimum atomic E-state index is 0.323. The van der Waals surface area contributed by atoms with Gasteiger partial charge in [-0.25, -0.2) is 4.98 Å². The van der Waals surface area contributed by atoms with Crippen LogP contribution >= 0.6 is 11.8 Å². The standard InChI is InChI=1S/C15H19N3S/c1-10-15(13-8-12(16)9-19-13)18-14(17-10)7-11-5-3-2-4-6-11/h2-6,12-13H,7-9,16H2,1H3,(H,17,18). The molecule has 0 amide bonds. The van der Waals surface area contributed by atoms with E-state index in [0.717, 1.165) is 24.4 Å². The van der Waals surface area contributed by atoms with E-state index < -0.39 is 0 Å². The van der Waals surface area contributed by atoms with E-state index in [4.69, 9.17) is 10.7 Å². The van der Waals surface area contributed by atoms with E-state index in [9.17, 15) is 0 Å². The Kier molecular flexibility index (Phi) is 3.62. The van der Waals surface area contributed by atoms with Gasteiger partial charge in [-0.1, -0.05) is 30.3 Å². The molecule has 2 atom stereocenters. The molecule has 2 aromatic rings. The van der Waals surface area contributed by atoms with Gasteiger partial charge in [0.2, 0.25) is 0 Å². The zero-order valence-electron chi connectivity index (χ0n) is 11.1. The summed E-state index contributed by atoms with van der Waals surface area (Å²) in [4.78, 5) is 8.21. The van der Waals surface area contributed by atoms with Gasteiger partial charge in [0, 0.05) is 23.9 Å². The third-order valence-corrected chi connectivity index (χ3v) is 4.96. The fraction of sp³-hybridized carbons (Fsp3) is 0.400. The third-order valence-electron chi connectivity index (χ3n) is 3.52. The minimum absolute atomic E-state index is 0.323. The lowest BCUT2D eigenvalue weighted by atomic mass is 10.1. The van der Waals surface area contributed by atoms with Crippen LogP contribution in [0.1, 0.15) is 34.4 Å². The van der Waals surface area contributed by atoms with E-state index in [1.54, 1.807) is 0 Å². The van der Waals surface area contributed by atoms with Crippen molar-refractivity contribution < 1.29 is 0 Å². The Morgan fingerprint density at radius 3 is 2.84 bits per heavy atom. The maximum atomic E-state index is 5.98. The number of nitrogens with zero attached hydrogens (tertiary/aromatic N) is 1. The number of aryl methyl sites for hydroxylation is 1. The average Bonchev–Trinajstić information content (AvgIpc) is 2.97. The number of hydrogen-bond donors (Lipinski definition) is 2. The van der Waals surface area contributed by atoms with Crippen LogP contribution in [0.4, 0.5) is 0 Å². The third kappa shape index (κ3) is 2.85. The molecule has 0 saturated carbocycles. The Morgan fingerprint density at radius 2 is 2.16 bits per heavy atom. The first-order valence-corrected chi connectivity index (χ1v) is 7.73. The molecule has 2 unspecified atom stereocenters. The number of nitrogens with one attached hydrogen (secondary N) is 1. The fourth-order valence-electron chi connectivity index (χ4n) is 2.57. The second kappa shape index (κ2) is 5.39. The summed E-state index contributed by atoms with van der Waals surface area (Å²) in [5, 5.41) is 0.468. The Hall–Kier alpha value is -1.26. The molecule has 0 aliphatic carbocycles. The number of aromatic amines is 1. The molecule has 1 aromatic heterocycles. The van der Waals surface area contributed by atoms with Crippen LogP contribution in [0, 0.1) is 6.92 Å². The molecule has 3 rings (SSSR count). The molecule has 1 saturated heterocycles. The minimum Gasteiger partial charge on any atom is -0.346 e. The van der Waals surface area contributed by atoms with Crippen molar-refractivity contribution >= 4 is 11.8 Å². The molecule has 1 aliphatic rings. The zero-order valence-corrected chi connectivity index (χ0v) is 11.9. The highest BCUT2D eigenvalue weighted by molar-refractivity contribution is 7.99. The van der Waals surface area contributed by atoms with Gasteiger partial charge in [-0.15, -0.1) is 0 Å². The summed E-state index contributed by atoms with van der Waals surface area (Å²) in [5.74, 6) is 2.10. The number of rotatable bonds is 3. The SMILES string of the molecule is Cc1[nH]c(Cc2ccccc2)nc1C1CC(N)CS1. The lowest BCUT2D eigenvalue weighted by Gasteiger charge is -2.05. The molecular weight excluding hydrogens is 254 g/mol. The van der Waals surface area contributed by atoms with Gasteiger partial charge < -0.3 is 10.7 Å². The number of H-pyrrole nitrogens is 1. The van der Waals surface area contributed by atoms with Crippen molar-refractivity contribution in [2.75, 3.05) is 5.75 Å². The molecule has 1 aliphatic heterocycles. The molecule has 1 aromatic carbocycles. The second-order valence-corrected chi connectivity index (χ2v) is 6.41. The summed E-state index contributed by atoms with van der Waals surface area (Å²) in [5.41, 5.74) is 9.66. The van der Waals surface area contributed by atoms with Gasteiger partial charge in [0.05, 0.1) is 10.9 Å². The van der Waals surface area contributed by atoms with Crippen LogP contribution in [0.25, 0.3) is 0 Å². The second-order valence-electron chi connectivity index (χ2n) is 5.17. The quantitative estimate of drug-likeness (QED) is 0.904. The molecule has 0 spiro atoms. The monoisotopic (exact) mass is 273 g/mol. The number of imidazole rings is 1. The Labute approximate surface area is 118 Å². The van der Waals surface area contributed by atoms with Crippen molar-refractivity contribution in [1.82, 2.24) is 9.97 Å². The number of hydrogen-bond acceptors (Lipinski definition) is 3. The van der Waals surface area contributed by atoms with Crippen LogP contribution in [-0.4, -0.2) is 21.8 Å². The molecule has 3 nitrogen and oxygen atoms in total. The molecule has 0 bridgehead atoms. The van der Waals surface area contributed by atoms with Gasteiger partial charge in [0.25, 0.3) is 0 Å². The van der Waals surface area contributed by atoms with Crippen molar-refractivity contribution in [2.45, 2.75) is 31.1 Å². The highest BCUT2D eigenvalue weighted by atomic mass is 32.2. The van der Waals surface area contributed by atoms with Gasteiger partial charge >= 0.3 is 0 Å². The van der Waals surface area contributed by atoms with Crippen molar-refractivity contribution in [2.24, 2.45) is 5.73 Å². The van der Waals surface area contributed by atoms with Crippen molar-refractivity contribution in [3.05, 3.63) is 53.1 Å². The molecule has 100 valence electrons. The van der Waals surface area contributed by atoms with Crippen LogP contribution in [0.15, 0.2) is 30.3 Å². The van der Waals surface area contributed by atoms with Crippen LogP contribution in [0.2, 0.25) is 0 Å². The van der Waals surface area contributed by atoms with E-state index in [1.807, 2.05) is 17.8 Å². The van der Waals surface area contributed by atoms with E-state index in [1.165, 1.54) is 17.0 Å². The van der Waals surface area contributed by atoms with Crippen LogP contribution in [-0.2, 0) is 6.42 Å². The van der Waals surface area contributed by atoms with Gasteiger partial charge in [0.15, 0.2) is 0 Å². The predicted molar refractivity (Wildman–Crippen MR) is 80.4 cm³/mol. The summed E-state index contributed by atoms with van der Waals surface area (Å²) in [6.45, 7) is 2.11. The van der Waals surface area contributed by atoms with E-state index >= 15 is 0 Å². The van der Waals surface area contributed by atoms with E-state index in [2.05, 4.69) is 36.2 Å². The Balaban J connectivity index is 1.78. The largest absolute Gasteiger partial charge is 0.346 e. The average molecular weight is 273 g/mol. The maximum absolute atomic E-state index is 5.98. The molecule has 2 heterocycles. The number of thioether (sulfide) groups is 1. The van der Waals surface area contributed by atoms with Crippen LogP contribution in [0.5, 0.6) is 0 Å². The first-order chi connectivity index (χ1) is 9.22. The van der Waals surface area contributed by atoms with Crippen LogP contribution in [0.3, 0.4) is 0 Å². The highest BCUT2D eigenvalue weighted by Crippen LogP contribution is 2.39. The van der Waals surface area contributed by atoms with Crippen LogP contribution < -0.4 is 5.73 Å². The number of nitrogens with two attached hydrogens (primary N) is 1. The molecule has 0 radical (unpaired) electrons. The lowest BCUT2D eigenvalue weighted by molar-refractivity contribution is 0.690. The topological polar surface area (TPSA) is 54.7 Å². The van der Waals surface area contributed by atoms with E-state index in [0.29, 0.717) is 11.3 Å². The summed E-state index contributed by atoms with van der Waals surface area (Å²) < 4.78 is 0. The normalized spacial score (nSPS) is 22.8. The summed E-state index contributed by atoms with van der Waals surface area (Å²) >= 11 is 1.93. The van der Waals surface area contributed by atoms with Gasteiger partial charge in [-0.3, -0.25) is 0 Å². The summed E-state index contributed by atoms with van der Waals surface area (Å²) in [6, 6.07) is 10.8. The fourth-order valence-corrected chi connectivity index (χ4v) is 3.95. The molecule has 4 heteroatoms. The van der Waals surface area contributed by atoms with Crippen molar-refractivity contribution in [3.63, 3.8) is 0 Å². The number of benzene rings is 1. The van der Waals surface area contributed by atoms with Gasteiger partial charge in [-0.2, -0.15) is 11.8 Å². The van der Waals surface area contributed by atoms with E-state index in [-0.39, 0.29) is 0 Å². The lowest BCUT2D eigenvalue weighted by Crippen LogP contribution is -2.18. The van der Waals surface area contributed by atoms with Gasteiger partial charge in [0.1, 0.15) is 5.82 Å². The number of aromatic nitrogens is 2. The Bertz CT molecular complexity index is 550. The van der Waals surface area contributed by atoms with Crippen molar-refractivity contribution in [3.8, 4) is 0 Å². The summed E-state index contributed by atoms with van der Waals surface area (Å²) in [7, 11) is 0. The molecule has 3 N–H and O–H groups in total.